The van der Waals surface area contributed by atoms with Crippen LogP contribution >= 0.6 is 0 Å². The molecule has 3 aromatic carbocycles. The normalized spacial score (nSPS) is 8.64. The van der Waals surface area contributed by atoms with Gasteiger partial charge in [0.2, 0.25) is 0 Å². The molecule has 3 aromatic rings. The predicted molar refractivity (Wildman–Crippen MR) is 106 cm³/mol. The van der Waals surface area contributed by atoms with E-state index in [9.17, 15) is 0 Å². The monoisotopic (exact) mass is 418 g/mol. The van der Waals surface area contributed by atoms with E-state index in [4.69, 9.17) is 0 Å². The van der Waals surface area contributed by atoms with Crippen molar-refractivity contribution < 1.29 is 0 Å². The van der Waals surface area contributed by atoms with Gasteiger partial charge in [-0.1, -0.05) is 0 Å². The molecule has 0 heterocycles. The van der Waals surface area contributed by atoms with Crippen LogP contribution in [0.3, 0.4) is 0 Å². The maximum absolute atomic E-state index is 3.39. The molecule has 0 fully saturated rings. The number of hydrogen-bond donors (Lipinski definition) is 0. The molecule has 0 spiro atoms. The Morgan fingerprint density at radius 3 is 0.960 bits per heavy atom. The molecule has 0 bridgehead atoms. The van der Waals surface area contributed by atoms with Crippen molar-refractivity contribution in [2.24, 2.45) is 0 Å². The van der Waals surface area contributed by atoms with Crippen molar-refractivity contribution in [2.75, 3.05) is 0 Å². The second-order valence-corrected chi connectivity index (χ2v) is 10.3. The maximum atomic E-state index is 3.39. The van der Waals surface area contributed by atoms with E-state index in [1.165, 1.54) is 0 Å². The van der Waals surface area contributed by atoms with Gasteiger partial charge in [-0.15, -0.1) is 0 Å². The third-order valence-electron chi connectivity index (χ3n) is 3.40. The van der Waals surface area contributed by atoms with Gasteiger partial charge in [0.15, 0.2) is 0 Å². The first-order chi connectivity index (χ1) is 12.4. The van der Waals surface area contributed by atoms with Crippen molar-refractivity contribution in [1.29, 1.82) is 0 Å². The van der Waals surface area contributed by atoms with E-state index >= 15 is 0 Å². The Morgan fingerprint density at radius 1 is 0.400 bits per heavy atom. The summed E-state index contributed by atoms with van der Waals surface area (Å²) in [5.74, 6) is 9.77. The van der Waals surface area contributed by atoms with Crippen LogP contribution in [0.15, 0.2) is 91.0 Å². The molecule has 25 heavy (non-hydrogen) atoms. The van der Waals surface area contributed by atoms with Gasteiger partial charge in [0.25, 0.3) is 0 Å². The first-order valence-electron chi connectivity index (χ1n) is 8.10. The van der Waals surface area contributed by atoms with Gasteiger partial charge in [-0.05, 0) is 0 Å². The second kappa shape index (κ2) is 9.49. The molecular formula is C24H15In. The molecule has 0 N–H and O–H groups in total. The molecule has 3 rings (SSSR count). The fraction of sp³-hybridized carbons (Fsp3) is 0. The van der Waals surface area contributed by atoms with Gasteiger partial charge in [-0.25, -0.2) is 0 Å². The van der Waals surface area contributed by atoms with E-state index in [0.29, 0.717) is 0 Å². The first-order valence-corrected chi connectivity index (χ1v) is 13.0. The summed E-state index contributed by atoms with van der Waals surface area (Å²) in [7, 11) is 0. The Hall–Kier alpha value is -2.79. The van der Waals surface area contributed by atoms with Crippen LogP contribution in [0.4, 0.5) is 0 Å². The average Bonchev–Trinajstić information content (AvgIpc) is 2.70. The molecule has 0 aliphatic rings. The Morgan fingerprint density at radius 2 is 0.680 bits per heavy atom. The van der Waals surface area contributed by atoms with Crippen molar-refractivity contribution >= 4 is 21.4 Å². The predicted octanol–water partition coefficient (Wildman–Crippen LogP) is 4.25. The van der Waals surface area contributed by atoms with E-state index in [0.717, 1.165) is 16.7 Å². The first kappa shape index (κ1) is 17.0. The van der Waals surface area contributed by atoms with Crippen molar-refractivity contribution in [1.82, 2.24) is 0 Å². The standard InChI is InChI=1S/3C8H5.In/c3*1-2-8-6-4-3-5-7-8;/h3*3-7H;. The SMILES string of the molecule is C(#[C][In]([C]#Cc1ccccc1)[C]#Cc1ccccc1)c1ccccc1. The van der Waals surface area contributed by atoms with Crippen LogP contribution in [0.2, 0.25) is 0 Å². The van der Waals surface area contributed by atoms with Gasteiger partial charge in [0, 0.05) is 0 Å². The summed E-state index contributed by atoms with van der Waals surface area (Å²) in [5, 5.41) is 0. The van der Waals surface area contributed by atoms with E-state index in [1.54, 1.807) is 0 Å². The van der Waals surface area contributed by atoms with E-state index < -0.39 is 21.4 Å². The molecule has 0 atom stereocenters. The van der Waals surface area contributed by atoms with Gasteiger partial charge in [-0.3, -0.25) is 0 Å². The molecule has 0 amide bonds. The summed E-state index contributed by atoms with van der Waals surface area (Å²) in [4.78, 5) is 0. The molecule has 0 aliphatic heterocycles. The van der Waals surface area contributed by atoms with Crippen LogP contribution < -0.4 is 0 Å². The van der Waals surface area contributed by atoms with E-state index in [-0.39, 0.29) is 0 Å². The van der Waals surface area contributed by atoms with Crippen molar-refractivity contribution in [3.63, 3.8) is 0 Å². The van der Waals surface area contributed by atoms with E-state index in [2.05, 4.69) is 28.8 Å². The summed E-state index contributed by atoms with van der Waals surface area (Å²) < 4.78 is 10.2. The number of benzene rings is 3. The number of rotatable bonds is 0. The zero-order valence-corrected chi connectivity index (χ0v) is 17.0. The third-order valence-corrected chi connectivity index (χ3v) is 7.11. The molecule has 0 unspecified atom stereocenters. The van der Waals surface area contributed by atoms with Gasteiger partial charge >= 0.3 is 158 Å². The molecule has 1 heteroatoms. The average molecular weight is 418 g/mol. The molecule has 0 aliphatic carbocycles. The Balaban J connectivity index is 1.88. The fourth-order valence-electron chi connectivity index (χ4n) is 2.14. The summed E-state index contributed by atoms with van der Waals surface area (Å²) in [6, 6.07) is 30.1. The van der Waals surface area contributed by atoms with Crippen LogP contribution in [-0.4, -0.2) is 21.4 Å². The minimum absolute atomic E-state index is 1.02. The topological polar surface area (TPSA) is 0 Å². The van der Waals surface area contributed by atoms with Crippen LogP contribution in [0.1, 0.15) is 16.7 Å². The van der Waals surface area contributed by atoms with Gasteiger partial charge in [-0.2, -0.15) is 0 Å². The molecule has 0 nitrogen and oxygen atoms in total. The Kier molecular flexibility index (Phi) is 6.47. The van der Waals surface area contributed by atoms with Crippen molar-refractivity contribution in [2.45, 2.75) is 0 Å². The molecule has 114 valence electrons. The zero-order valence-electron chi connectivity index (χ0n) is 13.7. The van der Waals surface area contributed by atoms with Crippen molar-refractivity contribution in [3.8, 4) is 28.8 Å². The van der Waals surface area contributed by atoms with Crippen LogP contribution in [0.25, 0.3) is 0 Å². The number of hydrogen-bond acceptors (Lipinski definition) is 0. The van der Waals surface area contributed by atoms with Crippen LogP contribution in [0, 0.1) is 28.8 Å². The quantitative estimate of drug-likeness (QED) is 0.479. The molecular weight excluding hydrogens is 403 g/mol. The Bertz CT molecular complexity index is 850. The summed E-state index contributed by atoms with van der Waals surface area (Å²) in [6.07, 6.45) is 0. The molecule has 0 saturated heterocycles. The van der Waals surface area contributed by atoms with Gasteiger partial charge in [0.1, 0.15) is 0 Å². The fourth-order valence-corrected chi connectivity index (χ4v) is 5.42. The third kappa shape index (κ3) is 5.97. The molecule has 0 saturated carbocycles. The second-order valence-electron chi connectivity index (χ2n) is 5.34. The zero-order chi connectivity index (χ0) is 17.2. The summed E-state index contributed by atoms with van der Waals surface area (Å²) in [5.41, 5.74) is 3.06. The van der Waals surface area contributed by atoms with Crippen molar-refractivity contribution in [3.05, 3.63) is 108 Å². The summed E-state index contributed by atoms with van der Waals surface area (Å²) >= 11 is -2.61. The molecule has 0 radical (unpaired) electrons. The van der Waals surface area contributed by atoms with E-state index in [1.807, 2.05) is 91.0 Å². The van der Waals surface area contributed by atoms with Gasteiger partial charge < -0.3 is 0 Å². The summed E-state index contributed by atoms with van der Waals surface area (Å²) in [6.45, 7) is 0. The minimum atomic E-state index is -2.61. The van der Waals surface area contributed by atoms with Gasteiger partial charge in [0.05, 0.1) is 0 Å². The molecule has 0 aromatic heterocycles. The Labute approximate surface area is 157 Å². The van der Waals surface area contributed by atoms with Crippen LogP contribution in [0.5, 0.6) is 0 Å². The van der Waals surface area contributed by atoms with Crippen LogP contribution in [-0.2, 0) is 0 Å².